The molecule has 0 radical (unpaired) electrons. The van der Waals surface area contributed by atoms with Crippen molar-refractivity contribution in [2.24, 2.45) is 0 Å². The molecule has 0 aliphatic rings. The molecule has 1 aromatic heterocycles. The molecule has 1 aromatic carbocycles. The molecule has 0 aliphatic heterocycles. The number of nitriles is 1. The van der Waals surface area contributed by atoms with E-state index in [-0.39, 0.29) is 0 Å². The van der Waals surface area contributed by atoms with Crippen LogP contribution in [0.25, 0.3) is 11.4 Å². The topological polar surface area (TPSA) is 49.6 Å². The van der Waals surface area contributed by atoms with Crippen LogP contribution in [0.5, 0.6) is 0 Å². The van der Waals surface area contributed by atoms with Gasteiger partial charge in [0, 0.05) is 17.3 Å². The number of benzene rings is 1. The Bertz CT molecular complexity index is 674. The fourth-order valence-corrected chi connectivity index (χ4v) is 2.66. The highest BCUT2D eigenvalue weighted by Gasteiger charge is 2.08. The first-order valence-corrected chi connectivity index (χ1v) is 8.76. The van der Waals surface area contributed by atoms with Crippen molar-refractivity contribution >= 4 is 0 Å². The van der Waals surface area contributed by atoms with Crippen LogP contribution in [-0.2, 0) is 6.42 Å². The highest BCUT2D eigenvalue weighted by Crippen LogP contribution is 2.18. The molecule has 0 atom stereocenters. The van der Waals surface area contributed by atoms with Crippen LogP contribution in [0.4, 0.5) is 4.39 Å². The lowest BCUT2D eigenvalue weighted by atomic mass is 10.1. The quantitative estimate of drug-likeness (QED) is 0.455. The molecular weight excluding hydrogens is 301 g/mol. The summed E-state index contributed by atoms with van der Waals surface area (Å²) in [5.74, 6) is -0.0735. The maximum absolute atomic E-state index is 14.2. The SMILES string of the molecule is CCCCCCCCCc1cnc(-c2ccc(C#N)cc2)nc1F. The van der Waals surface area contributed by atoms with Crippen LogP contribution >= 0.6 is 0 Å². The highest BCUT2D eigenvalue weighted by atomic mass is 19.1. The third-order valence-electron chi connectivity index (χ3n) is 4.13. The second-order valence-electron chi connectivity index (χ2n) is 6.07. The lowest BCUT2D eigenvalue weighted by molar-refractivity contribution is 0.547. The fourth-order valence-electron chi connectivity index (χ4n) is 2.66. The van der Waals surface area contributed by atoms with Crippen molar-refractivity contribution in [3.05, 3.63) is 47.5 Å². The molecule has 3 nitrogen and oxygen atoms in total. The summed E-state index contributed by atoms with van der Waals surface area (Å²) in [6.45, 7) is 2.21. The summed E-state index contributed by atoms with van der Waals surface area (Å²) in [6, 6.07) is 8.90. The van der Waals surface area contributed by atoms with Gasteiger partial charge in [0.1, 0.15) is 0 Å². The van der Waals surface area contributed by atoms with E-state index in [9.17, 15) is 4.39 Å². The normalized spacial score (nSPS) is 10.5. The lowest BCUT2D eigenvalue weighted by Gasteiger charge is -2.05. The van der Waals surface area contributed by atoms with E-state index in [4.69, 9.17) is 5.26 Å². The number of aromatic nitrogens is 2. The fraction of sp³-hybridized carbons (Fsp3) is 0.450. The molecule has 2 aromatic rings. The minimum atomic E-state index is -0.435. The van der Waals surface area contributed by atoms with Crippen LogP contribution in [0.3, 0.4) is 0 Å². The largest absolute Gasteiger partial charge is 0.236 e. The van der Waals surface area contributed by atoms with Gasteiger partial charge >= 0.3 is 0 Å². The van der Waals surface area contributed by atoms with Gasteiger partial charge in [0.25, 0.3) is 0 Å². The molecule has 24 heavy (non-hydrogen) atoms. The smallest absolute Gasteiger partial charge is 0.219 e. The number of aryl methyl sites for hydroxylation is 1. The van der Waals surface area contributed by atoms with Crippen LogP contribution < -0.4 is 0 Å². The Morgan fingerprint density at radius 3 is 2.29 bits per heavy atom. The van der Waals surface area contributed by atoms with Gasteiger partial charge in [-0.3, -0.25) is 0 Å². The van der Waals surface area contributed by atoms with Crippen LogP contribution in [0, 0.1) is 17.3 Å². The molecule has 0 spiro atoms. The first-order valence-electron chi connectivity index (χ1n) is 8.76. The molecule has 0 saturated heterocycles. The van der Waals surface area contributed by atoms with E-state index in [2.05, 4.69) is 23.0 Å². The van der Waals surface area contributed by atoms with Crippen LogP contribution in [0.2, 0.25) is 0 Å². The summed E-state index contributed by atoms with van der Waals surface area (Å²) in [5.41, 5.74) is 1.87. The van der Waals surface area contributed by atoms with Gasteiger partial charge in [-0.25, -0.2) is 4.98 Å². The van der Waals surface area contributed by atoms with Gasteiger partial charge in [-0.1, -0.05) is 45.4 Å². The molecule has 2 rings (SSSR count). The molecule has 4 heteroatoms. The van der Waals surface area contributed by atoms with E-state index < -0.39 is 5.95 Å². The zero-order valence-corrected chi connectivity index (χ0v) is 14.3. The average molecular weight is 325 g/mol. The number of halogens is 1. The Balaban J connectivity index is 1.86. The van der Waals surface area contributed by atoms with E-state index in [0.29, 0.717) is 23.4 Å². The third kappa shape index (κ3) is 5.42. The van der Waals surface area contributed by atoms with E-state index in [1.807, 2.05) is 0 Å². The predicted molar refractivity (Wildman–Crippen MR) is 93.8 cm³/mol. The second kappa shape index (κ2) is 9.77. The van der Waals surface area contributed by atoms with Gasteiger partial charge in [-0.2, -0.15) is 14.6 Å². The van der Waals surface area contributed by atoms with Crippen LogP contribution in [0.1, 0.15) is 63.0 Å². The first-order chi connectivity index (χ1) is 11.7. The Hall–Kier alpha value is -2.28. The molecule has 0 fully saturated rings. The molecule has 0 aliphatic carbocycles. The molecule has 0 saturated carbocycles. The first kappa shape index (κ1) is 18.1. The maximum Gasteiger partial charge on any atom is 0.219 e. The summed E-state index contributed by atoms with van der Waals surface area (Å²) in [6.07, 6.45) is 10.7. The molecule has 0 amide bonds. The average Bonchev–Trinajstić information content (AvgIpc) is 2.62. The zero-order chi connectivity index (χ0) is 17.2. The Kier molecular flexibility index (Phi) is 7.35. The molecular formula is C20H24FN3. The highest BCUT2D eigenvalue weighted by molar-refractivity contribution is 5.56. The summed E-state index contributed by atoms with van der Waals surface area (Å²) in [7, 11) is 0. The molecule has 0 bridgehead atoms. The summed E-state index contributed by atoms with van der Waals surface area (Å²) < 4.78 is 14.2. The van der Waals surface area contributed by atoms with Crippen molar-refractivity contribution in [1.82, 2.24) is 9.97 Å². The van der Waals surface area contributed by atoms with Gasteiger partial charge in [0.05, 0.1) is 11.6 Å². The molecule has 126 valence electrons. The minimum absolute atomic E-state index is 0.361. The monoisotopic (exact) mass is 325 g/mol. The van der Waals surface area contributed by atoms with Crippen molar-refractivity contribution in [2.75, 3.05) is 0 Å². The summed E-state index contributed by atoms with van der Waals surface area (Å²) in [5, 5.41) is 8.80. The van der Waals surface area contributed by atoms with Crippen LogP contribution in [-0.4, -0.2) is 9.97 Å². The van der Waals surface area contributed by atoms with Crippen molar-refractivity contribution in [3.8, 4) is 17.5 Å². The van der Waals surface area contributed by atoms with Crippen molar-refractivity contribution in [1.29, 1.82) is 5.26 Å². The van der Waals surface area contributed by atoms with Gasteiger partial charge in [-0.15, -0.1) is 0 Å². The van der Waals surface area contributed by atoms with Crippen LogP contribution in [0.15, 0.2) is 30.5 Å². The standard InChI is InChI=1S/C20H24FN3/c1-2-3-4-5-6-7-8-9-18-15-23-20(24-19(18)21)17-12-10-16(14-22)11-13-17/h10-13,15H,2-9H2,1H3. The van der Waals surface area contributed by atoms with Crippen molar-refractivity contribution in [3.63, 3.8) is 0 Å². The number of unbranched alkanes of at least 4 members (excludes halogenated alkanes) is 6. The number of hydrogen-bond donors (Lipinski definition) is 0. The number of hydrogen-bond acceptors (Lipinski definition) is 3. The van der Waals surface area contributed by atoms with Gasteiger partial charge in [-0.05, 0) is 37.1 Å². The molecule has 0 N–H and O–H groups in total. The lowest BCUT2D eigenvalue weighted by Crippen LogP contribution is -1.99. The number of nitrogens with zero attached hydrogens (tertiary/aromatic N) is 3. The van der Waals surface area contributed by atoms with Crippen molar-refractivity contribution in [2.45, 2.75) is 58.3 Å². The van der Waals surface area contributed by atoms with Crippen molar-refractivity contribution < 1.29 is 4.39 Å². The van der Waals surface area contributed by atoms with E-state index in [1.165, 1.54) is 32.1 Å². The van der Waals surface area contributed by atoms with Gasteiger partial charge < -0.3 is 0 Å². The summed E-state index contributed by atoms with van der Waals surface area (Å²) in [4.78, 5) is 8.25. The predicted octanol–water partition coefficient (Wildman–Crippen LogP) is 5.45. The summed E-state index contributed by atoms with van der Waals surface area (Å²) >= 11 is 0. The maximum atomic E-state index is 14.2. The third-order valence-corrected chi connectivity index (χ3v) is 4.13. The van der Waals surface area contributed by atoms with E-state index in [1.54, 1.807) is 30.5 Å². The zero-order valence-electron chi connectivity index (χ0n) is 14.3. The Labute approximate surface area is 143 Å². The Morgan fingerprint density at radius 2 is 1.67 bits per heavy atom. The minimum Gasteiger partial charge on any atom is -0.236 e. The Morgan fingerprint density at radius 1 is 1.00 bits per heavy atom. The van der Waals surface area contributed by atoms with E-state index in [0.717, 1.165) is 18.4 Å². The van der Waals surface area contributed by atoms with Gasteiger partial charge in [0.2, 0.25) is 5.95 Å². The molecule has 1 heterocycles. The molecule has 0 unspecified atom stereocenters. The second-order valence-corrected chi connectivity index (χ2v) is 6.07. The number of rotatable bonds is 9. The van der Waals surface area contributed by atoms with Gasteiger partial charge in [0.15, 0.2) is 5.82 Å². The van der Waals surface area contributed by atoms with E-state index >= 15 is 0 Å².